The summed E-state index contributed by atoms with van der Waals surface area (Å²) in [6.45, 7) is 2.93. The fraction of sp³-hybridized carbons (Fsp3) is 0.529. The van der Waals surface area contributed by atoms with E-state index < -0.39 is 0 Å². The summed E-state index contributed by atoms with van der Waals surface area (Å²) >= 11 is 5.49. The molecule has 3 rings (SSSR count). The molecule has 1 unspecified atom stereocenters. The predicted molar refractivity (Wildman–Crippen MR) is 94.1 cm³/mol. The standard InChI is InChI=1S/C17H22BrNOS/c1-3-20-12-7-11(8-12)9-16(19-2)14-10-21-17-13(14)5-4-6-15(17)18/h4-6,10-12,16,19H,3,7-9H2,1-2H3. The third-order valence-electron chi connectivity index (χ3n) is 4.47. The number of halogens is 1. The number of rotatable bonds is 6. The van der Waals surface area contributed by atoms with Crippen LogP contribution in [0.3, 0.4) is 0 Å². The lowest BCUT2D eigenvalue weighted by molar-refractivity contribution is -0.0289. The molecule has 1 aromatic heterocycles. The average Bonchev–Trinajstić information content (AvgIpc) is 2.87. The number of hydrogen-bond acceptors (Lipinski definition) is 3. The molecule has 0 radical (unpaired) electrons. The molecule has 1 aromatic carbocycles. The largest absolute Gasteiger partial charge is 0.378 e. The molecule has 1 aliphatic rings. The second kappa shape index (κ2) is 6.78. The van der Waals surface area contributed by atoms with E-state index in [-0.39, 0.29) is 0 Å². The summed E-state index contributed by atoms with van der Waals surface area (Å²) in [4.78, 5) is 0. The van der Waals surface area contributed by atoms with Gasteiger partial charge in [0.1, 0.15) is 0 Å². The molecule has 21 heavy (non-hydrogen) atoms. The maximum atomic E-state index is 5.68. The van der Waals surface area contributed by atoms with Crippen molar-refractivity contribution < 1.29 is 4.74 Å². The number of benzene rings is 1. The second-order valence-electron chi connectivity index (χ2n) is 5.80. The molecule has 0 aliphatic heterocycles. The minimum Gasteiger partial charge on any atom is -0.378 e. The quantitative estimate of drug-likeness (QED) is 0.763. The van der Waals surface area contributed by atoms with Crippen molar-refractivity contribution >= 4 is 37.4 Å². The van der Waals surface area contributed by atoms with Gasteiger partial charge in [-0.25, -0.2) is 0 Å². The van der Waals surface area contributed by atoms with Gasteiger partial charge < -0.3 is 10.1 Å². The molecular formula is C17H22BrNOS. The molecule has 1 aliphatic carbocycles. The minimum absolute atomic E-state index is 0.445. The zero-order valence-corrected chi connectivity index (χ0v) is 15.0. The first-order chi connectivity index (χ1) is 10.2. The van der Waals surface area contributed by atoms with Gasteiger partial charge in [0, 0.05) is 21.8 Å². The summed E-state index contributed by atoms with van der Waals surface area (Å²) in [6, 6.07) is 6.93. The third-order valence-corrected chi connectivity index (χ3v) is 6.44. The van der Waals surface area contributed by atoms with Crippen molar-refractivity contribution in [1.29, 1.82) is 0 Å². The molecule has 0 spiro atoms. The van der Waals surface area contributed by atoms with Gasteiger partial charge in [0.25, 0.3) is 0 Å². The molecular weight excluding hydrogens is 346 g/mol. The van der Waals surface area contributed by atoms with Crippen LogP contribution in [0.5, 0.6) is 0 Å². The van der Waals surface area contributed by atoms with E-state index in [0.717, 1.165) is 12.5 Å². The molecule has 1 N–H and O–H groups in total. The molecule has 2 aromatic rings. The lowest BCUT2D eigenvalue weighted by atomic mass is 9.77. The first-order valence-corrected chi connectivity index (χ1v) is 9.34. The van der Waals surface area contributed by atoms with Crippen molar-refractivity contribution in [1.82, 2.24) is 5.32 Å². The summed E-state index contributed by atoms with van der Waals surface area (Å²) in [7, 11) is 2.07. The van der Waals surface area contributed by atoms with Gasteiger partial charge in [-0.1, -0.05) is 12.1 Å². The molecule has 0 amide bonds. The van der Waals surface area contributed by atoms with Crippen LogP contribution in [0.1, 0.15) is 37.8 Å². The van der Waals surface area contributed by atoms with Gasteiger partial charge in [-0.3, -0.25) is 0 Å². The normalized spacial score (nSPS) is 23.2. The smallest absolute Gasteiger partial charge is 0.0580 e. The van der Waals surface area contributed by atoms with E-state index in [1.165, 1.54) is 39.4 Å². The van der Waals surface area contributed by atoms with Crippen LogP contribution in [0.25, 0.3) is 10.1 Å². The third kappa shape index (κ3) is 3.19. The SMILES string of the molecule is CCOC1CC(CC(NC)c2csc3c(Br)cccc23)C1. The molecule has 0 saturated heterocycles. The topological polar surface area (TPSA) is 21.3 Å². The zero-order chi connectivity index (χ0) is 14.8. The summed E-state index contributed by atoms with van der Waals surface area (Å²) in [5.74, 6) is 0.793. The Labute approximate surface area is 139 Å². The van der Waals surface area contributed by atoms with Crippen molar-refractivity contribution in [2.45, 2.75) is 38.3 Å². The Morgan fingerprint density at radius 2 is 2.24 bits per heavy atom. The van der Waals surface area contributed by atoms with E-state index in [2.05, 4.69) is 58.8 Å². The lowest BCUT2D eigenvalue weighted by Gasteiger charge is -2.37. The highest BCUT2D eigenvalue weighted by Crippen LogP contribution is 2.41. The maximum Gasteiger partial charge on any atom is 0.0580 e. The van der Waals surface area contributed by atoms with E-state index in [1.54, 1.807) is 0 Å². The van der Waals surface area contributed by atoms with Crippen LogP contribution >= 0.6 is 27.3 Å². The van der Waals surface area contributed by atoms with Gasteiger partial charge in [-0.05, 0) is 77.5 Å². The fourth-order valence-electron chi connectivity index (χ4n) is 3.28. The van der Waals surface area contributed by atoms with Crippen LogP contribution in [0.2, 0.25) is 0 Å². The van der Waals surface area contributed by atoms with Gasteiger partial charge in [0.05, 0.1) is 6.10 Å². The molecule has 1 fully saturated rings. The van der Waals surface area contributed by atoms with Crippen LogP contribution in [0, 0.1) is 5.92 Å². The van der Waals surface area contributed by atoms with E-state index in [1.807, 2.05) is 11.3 Å². The van der Waals surface area contributed by atoms with E-state index in [0.29, 0.717) is 12.1 Å². The fourth-order valence-corrected chi connectivity index (χ4v) is 4.96. The van der Waals surface area contributed by atoms with Crippen molar-refractivity contribution in [3.63, 3.8) is 0 Å². The Balaban J connectivity index is 1.72. The Morgan fingerprint density at radius 3 is 2.95 bits per heavy atom. The average molecular weight is 368 g/mol. The van der Waals surface area contributed by atoms with Crippen LogP contribution in [-0.4, -0.2) is 19.8 Å². The van der Waals surface area contributed by atoms with E-state index >= 15 is 0 Å². The first-order valence-electron chi connectivity index (χ1n) is 7.67. The van der Waals surface area contributed by atoms with Crippen molar-refractivity contribution in [2.24, 2.45) is 5.92 Å². The number of ether oxygens (including phenoxy) is 1. The van der Waals surface area contributed by atoms with Crippen molar-refractivity contribution in [3.05, 3.63) is 33.6 Å². The summed E-state index contributed by atoms with van der Waals surface area (Å²) in [6.07, 6.45) is 4.15. The molecule has 1 saturated carbocycles. The highest BCUT2D eigenvalue weighted by atomic mass is 79.9. The minimum atomic E-state index is 0.445. The lowest BCUT2D eigenvalue weighted by Crippen LogP contribution is -2.34. The molecule has 0 bridgehead atoms. The zero-order valence-electron chi connectivity index (χ0n) is 12.6. The van der Waals surface area contributed by atoms with Gasteiger partial charge in [-0.15, -0.1) is 11.3 Å². The van der Waals surface area contributed by atoms with Crippen LogP contribution in [0.15, 0.2) is 28.1 Å². The summed E-state index contributed by atoms with van der Waals surface area (Å²) in [5, 5.41) is 7.21. The van der Waals surface area contributed by atoms with Crippen molar-refractivity contribution in [3.8, 4) is 0 Å². The van der Waals surface area contributed by atoms with Gasteiger partial charge in [0.2, 0.25) is 0 Å². The van der Waals surface area contributed by atoms with E-state index in [9.17, 15) is 0 Å². The highest BCUT2D eigenvalue weighted by molar-refractivity contribution is 9.10. The second-order valence-corrected chi connectivity index (χ2v) is 7.53. The van der Waals surface area contributed by atoms with E-state index in [4.69, 9.17) is 4.74 Å². The first kappa shape index (κ1) is 15.5. The Bertz CT molecular complexity index is 606. The number of nitrogens with one attached hydrogen (secondary N) is 1. The van der Waals surface area contributed by atoms with Crippen LogP contribution < -0.4 is 5.32 Å². The summed E-state index contributed by atoms with van der Waals surface area (Å²) in [5.41, 5.74) is 1.44. The molecule has 4 heteroatoms. The summed E-state index contributed by atoms with van der Waals surface area (Å²) < 4.78 is 8.23. The molecule has 2 nitrogen and oxygen atoms in total. The highest BCUT2D eigenvalue weighted by Gasteiger charge is 2.32. The number of hydrogen-bond donors (Lipinski definition) is 1. The Hall–Kier alpha value is -0.420. The van der Waals surface area contributed by atoms with Gasteiger partial charge in [0.15, 0.2) is 0 Å². The Morgan fingerprint density at radius 1 is 1.43 bits per heavy atom. The van der Waals surface area contributed by atoms with Gasteiger partial charge in [-0.2, -0.15) is 0 Å². The number of thiophene rings is 1. The van der Waals surface area contributed by atoms with Gasteiger partial charge >= 0.3 is 0 Å². The molecule has 1 atom stereocenters. The maximum absolute atomic E-state index is 5.68. The number of fused-ring (bicyclic) bond motifs is 1. The monoisotopic (exact) mass is 367 g/mol. The Kier molecular flexibility index (Phi) is 4.99. The van der Waals surface area contributed by atoms with Crippen molar-refractivity contribution in [2.75, 3.05) is 13.7 Å². The molecule has 1 heterocycles. The predicted octanol–water partition coefficient (Wildman–Crippen LogP) is 5.13. The van der Waals surface area contributed by atoms with Crippen LogP contribution in [-0.2, 0) is 4.74 Å². The molecule has 114 valence electrons. The van der Waals surface area contributed by atoms with Crippen LogP contribution in [0.4, 0.5) is 0 Å².